The third-order valence-corrected chi connectivity index (χ3v) is 12.4. The van der Waals surface area contributed by atoms with Crippen molar-refractivity contribution in [2.45, 2.75) is 0 Å². The van der Waals surface area contributed by atoms with Gasteiger partial charge in [-0.1, -0.05) is 60.7 Å². The van der Waals surface area contributed by atoms with Crippen LogP contribution in [0.2, 0.25) is 0 Å². The number of benzene rings is 3. The van der Waals surface area contributed by atoms with E-state index in [0.717, 1.165) is 14.4 Å². The Morgan fingerprint density at radius 2 is 1.00 bits per heavy atom. The van der Waals surface area contributed by atoms with Crippen LogP contribution >= 0.6 is 15.2 Å². The molecule has 3 aromatic carbocycles. The topological polar surface area (TPSA) is 0 Å². The molecule has 0 saturated carbocycles. The van der Waals surface area contributed by atoms with Crippen molar-refractivity contribution in [3.63, 3.8) is 0 Å². The molecule has 3 aromatic rings. The molecule has 0 saturated heterocycles. The molecule has 0 aliphatic carbocycles. The van der Waals surface area contributed by atoms with E-state index in [1.807, 2.05) is 0 Å². The molecule has 125 valence electrons. The van der Waals surface area contributed by atoms with Crippen LogP contribution in [-0.4, -0.2) is 6.16 Å². The Morgan fingerprint density at radius 1 is 0.667 bits per heavy atom. The van der Waals surface area contributed by atoms with Crippen LogP contribution in [0.3, 0.4) is 0 Å². The van der Waals surface area contributed by atoms with Crippen LogP contribution in [0, 0.1) is 0 Å². The second-order valence-electron chi connectivity index (χ2n) is 5.33. The number of rotatable bonds is 6. The van der Waals surface area contributed by atoms with Crippen molar-refractivity contribution in [1.82, 2.24) is 0 Å². The third kappa shape index (κ3) is 3.97. The van der Waals surface area contributed by atoms with Gasteiger partial charge < -0.3 is 0 Å². The zero-order valence-electron chi connectivity index (χ0n) is 13.4. The van der Waals surface area contributed by atoms with Gasteiger partial charge in [0.15, 0.2) is 0 Å². The van der Waals surface area contributed by atoms with Crippen LogP contribution in [-0.2, 0) is 22.4 Å². The minimum Gasteiger partial charge on any atom is -0.103 e. The van der Waals surface area contributed by atoms with Crippen LogP contribution in [0.1, 0.15) is 0 Å². The van der Waals surface area contributed by atoms with Gasteiger partial charge in [-0.25, -0.2) is 0 Å². The van der Waals surface area contributed by atoms with Gasteiger partial charge >= 0.3 is 0 Å². The molecule has 0 bridgehead atoms. The van der Waals surface area contributed by atoms with Gasteiger partial charge in [0.05, 0.1) is 8.27 Å². The van der Waals surface area contributed by atoms with Crippen LogP contribution < -0.4 is 15.9 Å². The third-order valence-electron chi connectivity index (χ3n) is 3.90. The van der Waals surface area contributed by atoms with Crippen molar-refractivity contribution in [3.8, 4) is 0 Å². The maximum atomic E-state index is 3.97. The predicted molar refractivity (Wildman–Crippen MR) is 109 cm³/mol. The van der Waals surface area contributed by atoms with E-state index >= 15 is 0 Å². The molecule has 0 nitrogen and oxygen atoms in total. The summed E-state index contributed by atoms with van der Waals surface area (Å²) < 4.78 is 0. The Labute approximate surface area is 162 Å². The summed E-state index contributed by atoms with van der Waals surface area (Å²) in [7, 11) is 0.819. The van der Waals surface area contributed by atoms with Gasteiger partial charge in [-0.2, -0.15) is 0 Å². The summed E-state index contributed by atoms with van der Waals surface area (Å²) in [6, 6.07) is 33.0. The number of hydrogen-bond acceptors (Lipinski definition) is 0. The summed E-state index contributed by atoms with van der Waals surface area (Å²) in [6.07, 6.45) is 3.11. The molecule has 0 aliphatic rings. The average molecular weight is 443 g/mol. The fraction of sp³-hybridized carbons (Fsp3) is 0.0476. The first-order valence-corrected chi connectivity index (χ1v) is 11.6. The fourth-order valence-electron chi connectivity index (χ4n) is 2.88. The Balaban J connectivity index is 0.00000208. The molecule has 0 heterocycles. The van der Waals surface area contributed by atoms with Crippen LogP contribution in [0.4, 0.5) is 0 Å². The Kier molecular flexibility index (Phi) is 7.63. The molecule has 1 atom stereocenters. The van der Waals surface area contributed by atoms with Gasteiger partial charge in [-0.15, -0.1) is 6.58 Å². The minimum atomic E-state index is -1.61. The molecular weight excluding hydrogens is 422 g/mol. The molecule has 1 unspecified atom stereocenters. The van der Waals surface area contributed by atoms with Crippen LogP contribution in [0.5, 0.6) is 0 Å². The van der Waals surface area contributed by atoms with Crippen molar-refractivity contribution in [2.75, 3.05) is 6.16 Å². The fourth-order valence-corrected chi connectivity index (χ4v) is 10.8. The van der Waals surface area contributed by atoms with E-state index in [1.165, 1.54) is 15.9 Å². The molecule has 3 heteroatoms. The first-order chi connectivity index (χ1) is 11.4. The summed E-state index contributed by atoms with van der Waals surface area (Å²) in [5.41, 5.74) is 0. The maximum absolute atomic E-state index is 3.97. The van der Waals surface area contributed by atoms with E-state index in [-0.39, 0.29) is 22.4 Å². The first-order valence-electron chi connectivity index (χ1n) is 7.80. The molecular formula is C21H21AgP2+. The Hall–Kier alpha value is -1.000. The van der Waals surface area contributed by atoms with E-state index < -0.39 is 6.95 Å². The first kappa shape index (κ1) is 19.3. The standard InChI is InChI=1S/C21H21P2.Ag/c1-2-18-22-23(19-12-6-3-7-13-19,20-14-8-4-9-15-20)21-16-10-5-11-17-21;/h2-17,22H,1,18H2;/q+1;. The summed E-state index contributed by atoms with van der Waals surface area (Å²) in [6.45, 7) is 2.36. The molecule has 1 radical (unpaired) electrons. The minimum absolute atomic E-state index is 0. The molecule has 0 N–H and O–H groups in total. The second kappa shape index (κ2) is 9.47. The predicted octanol–water partition coefficient (Wildman–Crippen LogP) is 4.76. The van der Waals surface area contributed by atoms with Crippen molar-refractivity contribution in [1.29, 1.82) is 0 Å². The van der Waals surface area contributed by atoms with E-state index in [1.54, 1.807) is 0 Å². The molecule has 3 rings (SSSR count). The Bertz CT molecular complexity index is 646. The summed E-state index contributed by atoms with van der Waals surface area (Å²) in [5.74, 6) is 0. The van der Waals surface area contributed by atoms with Gasteiger partial charge in [-0.3, -0.25) is 0 Å². The van der Waals surface area contributed by atoms with E-state index in [4.69, 9.17) is 0 Å². The normalized spacial score (nSPS) is 11.2. The second-order valence-corrected chi connectivity index (χ2v) is 11.9. The van der Waals surface area contributed by atoms with E-state index in [9.17, 15) is 0 Å². The molecule has 0 fully saturated rings. The van der Waals surface area contributed by atoms with Crippen LogP contribution in [0.15, 0.2) is 104 Å². The van der Waals surface area contributed by atoms with Crippen molar-refractivity contribution < 1.29 is 22.4 Å². The quantitative estimate of drug-likeness (QED) is 0.293. The summed E-state index contributed by atoms with van der Waals surface area (Å²) in [4.78, 5) is 0. The number of allylic oxidation sites excluding steroid dienone is 1. The van der Waals surface area contributed by atoms with Crippen LogP contribution in [0.25, 0.3) is 0 Å². The van der Waals surface area contributed by atoms with E-state index in [0.29, 0.717) is 0 Å². The maximum Gasteiger partial charge on any atom is 0.127 e. The van der Waals surface area contributed by atoms with Gasteiger partial charge in [0.1, 0.15) is 22.9 Å². The Morgan fingerprint density at radius 3 is 1.29 bits per heavy atom. The average Bonchev–Trinajstić information content (AvgIpc) is 2.65. The molecule has 0 aliphatic heterocycles. The number of hydrogen-bond donors (Lipinski definition) is 0. The van der Waals surface area contributed by atoms with Gasteiger partial charge in [0.2, 0.25) is 0 Å². The largest absolute Gasteiger partial charge is 0.127 e. The summed E-state index contributed by atoms with van der Waals surface area (Å²) in [5, 5.41) is 4.37. The zero-order valence-corrected chi connectivity index (χ0v) is 16.8. The molecule has 24 heavy (non-hydrogen) atoms. The van der Waals surface area contributed by atoms with Gasteiger partial charge in [-0.05, 0) is 36.4 Å². The monoisotopic (exact) mass is 442 g/mol. The van der Waals surface area contributed by atoms with Gasteiger partial charge in [0, 0.05) is 28.5 Å². The smallest absolute Gasteiger partial charge is 0.103 e. The van der Waals surface area contributed by atoms with Crippen molar-refractivity contribution in [3.05, 3.63) is 104 Å². The zero-order chi connectivity index (χ0) is 16.0. The van der Waals surface area contributed by atoms with Crippen molar-refractivity contribution in [2.24, 2.45) is 0 Å². The van der Waals surface area contributed by atoms with Gasteiger partial charge in [0.25, 0.3) is 0 Å². The SMILES string of the molecule is C=CCP[P+](c1ccccc1)(c1ccccc1)c1ccccc1.[Ag]. The molecule has 0 aromatic heterocycles. The summed E-state index contributed by atoms with van der Waals surface area (Å²) >= 11 is 0. The molecule has 0 spiro atoms. The molecule has 0 amide bonds. The van der Waals surface area contributed by atoms with E-state index in [2.05, 4.69) is 104 Å². The van der Waals surface area contributed by atoms with Crippen molar-refractivity contribution >= 4 is 31.1 Å².